The maximum absolute atomic E-state index is 10.8. The molecule has 1 N–H and O–H groups in total. The first kappa shape index (κ1) is 16.7. The van der Waals surface area contributed by atoms with E-state index >= 15 is 0 Å². The number of hydrogen-bond acceptors (Lipinski definition) is 7. The molecule has 8 heteroatoms. The van der Waals surface area contributed by atoms with Crippen LogP contribution in [0.3, 0.4) is 0 Å². The molecule has 1 aromatic carbocycles. The first-order valence-corrected chi connectivity index (χ1v) is 7.85. The van der Waals surface area contributed by atoms with E-state index in [2.05, 4.69) is 15.2 Å². The zero-order valence-electron chi connectivity index (χ0n) is 13.7. The number of benzene rings is 1. The number of rotatable bonds is 4. The van der Waals surface area contributed by atoms with Gasteiger partial charge in [-0.1, -0.05) is 0 Å². The van der Waals surface area contributed by atoms with Gasteiger partial charge in [0.05, 0.1) is 17.6 Å². The minimum Gasteiger partial charge on any atom is -0.375 e. The molecule has 1 saturated heterocycles. The minimum absolute atomic E-state index is 0.125. The van der Waals surface area contributed by atoms with Gasteiger partial charge in [-0.15, -0.1) is 0 Å². The molecule has 1 aliphatic heterocycles. The summed E-state index contributed by atoms with van der Waals surface area (Å²) in [4.78, 5) is 16.4. The van der Waals surface area contributed by atoms with Gasteiger partial charge in [-0.3, -0.25) is 10.1 Å². The van der Waals surface area contributed by atoms with Gasteiger partial charge in [0, 0.05) is 30.5 Å². The molecule has 128 valence electrons. The average Bonchev–Trinajstić information content (AvgIpc) is 2.62. The molecular weight excluding hydrogens is 322 g/mol. The van der Waals surface area contributed by atoms with E-state index in [1.807, 2.05) is 37.3 Å². The zero-order chi connectivity index (χ0) is 17.8. The standard InChI is InChI=1S/C17H17N5O3/c1-12-11-21(6-7-25-12)15-4-2-14(3-5-15)20-17-13(9-18)8-16(10-19-17)22(23)24/h2-5,8,10,12H,6-7,11H2,1H3,(H,19,20)/t12-/m0/s1. The summed E-state index contributed by atoms with van der Waals surface area (Å²) in [5.41, 5.74) is 1.76. The van der Waals surface area contributed by atoms with Gasteiger partial charge in [-0.25, -0.2) is 4.98 Å². The third-order valence-electron chi connectivity index (χ3n) is 3.94. The number of aromatic nitrogens is 1. The number of nitrogens with zero attached hydrogens (tertiary/aromatic N) is 4. The van der Waals surface area contributed by atoms with Crippen molar-refractivity contribution in [3.8, 4) is 6.07 Å². The van der Waals surface area contributed by atoms with Crippen molar-refractivity contribution in [3.05, 3.63) is 52.2 Å². The van der Waals surface area contributed by atoms with Crippen LogP contribution in [0.15, 0.2) is 36.5 Å². The first-order chi connectivity index (χ1) is 12.1. The Morgan fingerprint density at radius 3 is 2.84 bits per heavy atom. The van der Waals surface area contributed by atoms with Crippen molar-refractivity contribution < 1.29 is 9.66 Å². The minimum atomic E-state index is -0.574. The number of anilines is 3. The maximum Gasteiger partial charge on any atom is 0.289 e. The Balaban J connectivity index is 1.75. The molecule has 2 aromatic rings. The monoisotopic (exact) mass is 339 g/mol. The normalized spacial score (nSPS) is 17.0. The van der Waals surface area contributed by atoms with E-state index in [0.717, 1.165) is 30.7 Å². The van der Waals surface area contributed by atoms with Crippen molar-refractivity contribution in [1.82, 2.24) is 4.98 Å². The highest BCUT2D eigenvalue weighted by molar-refractivity contribution is 5.66. The van der Waals surface area contributed by atoms with Crippen molar-refractivity contribution in [2.45, 2.75) is 13.0 Å². The highest BCUT2D eigenvalue weighted by atomic mass is 16.6. The van der Waals surface area contributed by atoms with E-state index in [1.54, 1.807) is 0 Å². The molecule has 3 rings (SSSR count). The number of ether oxygens (including phenoxy) is 1. The fourth-order valence-corrected chi connectivity index (χ4v) is 2.68. The summed E-state index contributed by atoms with van der Waals surface area (Å²) < 4.78 is 5.54. The topological polar surface area (TPSA) is 104 Å². The van der Waals surface area contributed by atoms with Crippen LogP contribution in [-0.2, 0) is 4.74 Å². The van der Waals surface area contributed by atoms with E-state index in [9.17, 15) is 15.4 Å². The van der Waals surface area contributed by atoms with Crippen LogP contribution in [-0.4, -0.2) is 35.7 Å². The molecule has 0 unspecified atom stereocenters. The highest BCUT2D eigenvalue weighted by Crippen LogP contribution is 2.25. The molecule has 0 spiro atoms. The van der Waals surface area contributed by atoms with Crippen LogP contribution in [0.4, 0.5) is 22.9 Å². The lowest BCUT2D eigenvalue weighted by atomic mass is 10.2. The van der Waals surface area contributed by atoms with E-state index in [1.165, 1.54) is 6.07 Å². The predicted molar refractivity (Wildman–Crippen MR) is 93.0 cm³/mol. The summed E-state index contributed by atoms with van der Waals surface area (Å²) in [6, 6.07) is 10.9. The van der Waals surface area contributed by atoms with Crippen molar-refractivity contribution in [2.75, 3.05) is 29.9 Å². The van der Waals surface area contributed by atoms with Gasteiger partial charge in [-0.2, -0.15) is 5.26 Å². The van der Waals surface area contributed by atoms with Gasteiger partial charge in [-0.05, 0) is 31.2 Å². The lowest BCUT2D eigenvalue weighted by molar-refractivity contribution is -0.385. The predicted octanol–water partition coefficient (Wildman–Crippen LogP) is 2.83. The van der Waals surface area contributed by atoms with Gasteiger partial charge in [0.25, 0.3) is 5.69 Å². The average molecular weight is 339 g/mol. The van der Waals surface area contributed by atoms with Crippen LogP contribution >= 0.6 is 0 Å². The van der Waals surface area contributed by atoms with Crippen LogP contribution in [0.5, 0.6) is 0 Å². The van der Waals surface area contributed by atoms with Crippen molar-refractivity contribution >= 4 is 22.9 Å². The van der Waals surface area contributed by atoms with Crippen LogP contribution in [0.25, 0.3) is 0 Å². The summed E-state index contributed by atoms with van der Waals surface area (Å²) >= 11 is 0. The molecule has 1 atom stereocenters. The zero-order valence-corrected chi connectivity index (χ0v) is 13.7. The second-order valence-electron chi connectivity index (χ2n) is 5.76. The van der Waals surface area contributed by atoms with Crippen LogP contribution in [0, 0.1) is 21.4 Å². The number of hydrogen-bond donors (Lipinski definition) is 1. The van der Waals surface area contributed by atoms with Crippen molar-refractivity contribution in [1.29, 1.82) is 5.26 Å². The number of nitro groups is 1. The number of pyridine rings is 1. The quantitative estimate of drug-likeness (QED) is 0.674. The van der Waals surface area contributed by atoms with E-state index in [0.29, 0.717) is 12.4 Å². The summed E-state index contributed by atoms with van der Waals surface area (Å²) in [5.74, 6) is 0.292. The van der Waals surface area contributed by atoms with Crippen LogP contribution in [0.2, 0.25) is 0 Å². The Morgan fingerprint density at radius 2 is 2.20 bits per heavy atom. The van der Waals surface area contributed by atoms with Gasteiger partial charge in [0.1, 0.15) is 23.6 Å². The van der Waals surface area contributed by atoms with Crippen molar-refractivity contribution in [2.24, 2.45) is 0 Å². The molecule has 8 nitrogen and oxygen atoms in total. The maximum atomic E-state index is 10.8. The summed E-state index contributed by atoms with van der Waals surface area (Å²) in [6.07, 6.45) is 1.33. The SMILES string of the molecule is C[C@H]1CN(c2ccc(Nc3ncc([N+](=O)[O-])cc3C#N)cc2)CCO1. The Kier molecular flexibility index (Phi) is 4.77. The third kappa shape index (κ3) is 3.84. The van der Waals surface area contributed by atoms with Crippen molar-refractivity contribution in [3.63, 3.8) is 0 Å². The molecule has 0 amide bonds. The second-order valence-corrected chi connectivity index (χ2v) is 5.76. The van der Waals surface area contributed by atoms with Gasteiger partial charge in [0.2, 0.25) is 0 Å². The molecule has 25 heavy (non-hydrogen) atoms. The second kappa shape index (κ2) is 7.15. The molecular formula is C17H17N5O3. The summed E-state index contributed by atoms with van der Waals surface area (Å²) in [7, 11) is 0. The van der Waals surface area contributed by atoms with E-state index < -0.39 is 4.92 Å². The molecule has 1 fully saturated rings. The lowest BCUT2D eigenvalue weighted by Gasteiger charge is -2.33. The molecule has 0 saturated carbocycles. The smallest absolute Gasteiger partial charge is 0.289 e. The Hall–Kier alpha value is -3.18. The molecule has 2 heterocycles. The lowest BCUT2D eigenvalue weighted by Crippen LogP contribution is -2.41. The molecule has 1 aliphatic rings. The Bertz CT molecular complexity index is 816. The van der Waals surface area contributed by atoms with Gasteiger partial charge < -0.3 is 15.0 Å². The van der Waals surface area contributed by atoms with Gasteiger partial charge >= 0.3 is 0 Å². The van der Waals surface area contributed by atoms with Crippen LogP contribution in [0.1, 0.15) is 12.5 Å². The number of nitriles is 1. The summed E-state index contributed by atoms with van der Waals surface area (Å²) in [5, 5.41) is 23.0. The Morgan fingerprint density at radius 1 is 1.44 bits per heavy atom. The molecule has 1 aromatic heterocycles. The van der Waals surface area contributed by atoms with E-state index in [4.69, 9.17) is 4.74 Å². The number of morpholine rings is 1. The highest BCUT2D eigenvalue weighted by Gasteiger charge is 2.17. The Labute approximate surface area is 144 Å². The third-order valence-corrected chi connectivity index (χ3v) is 3.94. The molecule has 0 radical (unpaired) electrons. The number of nitrogens with one attached hydrogen (secondary N) is 1. The van der Waals surface area contributed by atoms with E-state index in [-0.39, 0.29) is 17.4 Å². The summed E-state index contributed by atoms with van der Waals surface area (Å²) in [6.45, 7) is 4.44. The first-order valence-electron chi connectivity index (χ1n) is 7.85. The van der Waals surface area contributed by atoms with Crippen LogP contribution < -0.4 is 10.2 Å². The largest absolute Gasteiger partial charge is 0.375 e. The molecule has 0 aliphatic carbocycles. The molecule has 0 bridgehead atoms. The fraction of sp³-hybridized carbons (Fsp3) is 0.294. The fourth-order valence-electron chi connectivity index (χ4n) is 2.68. The van der Waals surface area contributed by atoms with Gasteiger partial charge in [0.15, 0.2) is 0 Å².